The topological polar surface area (TPSA) is 54.9 Å². The number of nitrogens with zero attached hydrogens (tertiary/aromatic N) is 2. The Bertz CT molecular complexity index is 838. The molecular formula is C15H9BrClN3O. The number of halogens is 2. The van der Waals surface area contributed by atoms with Crippen LogP contribution in [0.4, 0.5) is 5.69 Å². The third-order valence-electron chi connectivity index (χ3n) is 2.91. The standard InChI is InChI=1S/C15H9BrClN3O/c16-11-8-10(17)2-4-12(11)20-15(21)9-1-3-13-14(7-9)19-6-5-18-13/h1-8H,(H,20,21). The molecule has 0 atom stereocenters. The number of hydrogen-bond acceptors (Lipinski definition) is 3. The molecule has 1 amide bonds. The zero-order chi connectivity index (χ0) is 14.8. The van der Waals surface area contributed by atoms with Crippen molar-refractivity contribution in [2.45, 2.75) is 0 Å². The Morgan fingerprint density at radius 2 is 1.81 bits per heavy atom. The first kappa shape index (κ1) is 14.0. The molecule has 0 spiro atoms. The molecule has 0 saturated heterocycles. The van der Waals surface area contributed by atoms with E-state index in [9.17, 15) is 4.79 Å². The number of anilines is 1. The van der Waals surface area contributed by atoms with Gasteiger partial charge in [0.05, 0.1) is 16.7 Å². The average molecular weight is 363 g/mol. The Morgan fingerprint density at radius 3 is 2.57 bits per heavy atom. The first-order valence-corrected chi connectivity index (χ1v) is 7.28. The SMILES string of the molecule is O=C(Nc1ccc(Cl)cc1Br)c1ccc2nccnc2c1. The van der Waals surface area contributed by atoms with Crippen LogP contribution in [0.25, 0.3) is 11.0 Å². The fourth-order valence-electron chi connectivity index (χ4n) is 1.89. The van der Waals surface area contributed by atoms with Crippen molar-refractivity contribution < 1.29 is 4.79 Å². The smallest absolute Gasteiger partial charge is 0.255 e. The molecule has 1 N–H and O–H groups in total. The lowest BCUT2D eigenvalue weighted by Crippen LogP contribution is -2.12. The highest BCUT2D eigenvalue weighted by atomic mass is 79.9. The van der Waals surface area contributed by atoms with Crippen molar-refractivity contribution in [1.29, 1.82) is 0 Å². The average Bonchev–Trinajstić information content (AvgIpc) is 2.49. The van der Waals surface area contributed by atoms with Gasteiger partial charge in [-0.15, -0.1) is 0 Å². The molecule has 0 radical (unpaired) electrons. The van der Waals surface area contributed by atoms with Gasteiger partial charge < -0.3 is 5.32 Å². The number of aromatic nitrogens is 2. The molecule has 3 aromatic rings. The third kappa shape index (κ3) is 3.04. The van der Waals surface area contributed by atoms with E-state index in [4.69, 9.17) is 11.6 Å². The van der Waals surface area contributed by atoms with E-state index in [2.05, 4.69) is 31.2 Å². The minimum atomic E-state index is -0.217. The molecule has 0 aliphatic carbocycles. The van der Waals surface area contributed by atoms with Crippen LogP contribution >= 0.6 is 27.5 Å². The van der Waals surface area contributed by atoms with Gasteiger partial charge >= 0.3 is 0 Å². The Kier molecular flexibility index (Phi) is 3.86. The van der Waals surface area contributed by atoms with E-state index < -0.39 is 0 Å². The highest BCUT2D eigenvalue weighted by Crippen LogP contribution is 2.26. The number of benzene rings is 2. The van der Waals surface area contributed by atoms with Crippen LogP contribution in [0.3, 0.4) is 0 Å². The summed E-state index contributed by atoms with van der Waals surface area (Å²) in [5, 5.41) is 3.42. The monoisotopic (exact) mass is 361 g/mol. The molecular weight excluding hydrogens is 354 g/mol. The van der Waals surface area contributed by atoms with E-state index >= 15 is 0 Å². The number of carbonyl (C=O) groups is 1. The summed E-state index contributed by atoms with van der Waals surface area (Å²) in [4.78, 5) is 20.6. The molecule has 0 saturated carbocycles. The van der Waals surface area contributed by atoms with E-state index in [-0.39, 0.29) is 5.91 Å². The second kappa shape index (κ2) is 5.79. The van der Waals surface area contributed by atoms with Gasteiger partial charge in [0.15, 0.2) is 0 Å². The van der Waals surface area contributed by atoms with Gasteiger partial charge in [0.1, 0.15) is 0 Å². The summed E-state index contributed by atoms with van der Waals surface area (Å²) in [5.74, 6) is -0.217. The number of nitrogens with one attached hydrogen (secondary N) is 1. The zero-order valence-electron chi connectivity index (χ0n) is 10.7. The van der Waals surface area contributed by atoms with Gasteiger partial charge in [-0.3, -0.25) is 14.8 Å². The minimum Gasteiger partial charge on any atom is -0.321 e. The maximum atomic E-state index is 12.3. The summed E-state index contributed by atoms with van der Waals surface area (Å²) >= 11 is 9.24. The number of amides is 1. The van der Waals surface area contributed by atoms with Gasteiger partial charge in [-0.05, 0) is 52.3 Å². The van der Waals surface area contributed by atoms with Gasteiger partial charge in [-0.1, -0.05) is 11.6 Å². The fourth-order valence-corrected chi connectivity index (χ4v) is 2.67. The van der Waals surface area contributed by atoms with E-state index in [1.807, 2.05) is 0 Å². The zero-order valence-corrected chi connectivity index (χ0v) is 13.0. The molecule has 21 heavy (non-hydrogen) atoms. The summed E-state index contributed by atoms with van der Waals surface area (Å²) in [7, 11) is 0. The Labute approximate surface area is 134 Å². The van der Waals surface area contributed by atoms with E-state index in [1.54, 1.807) is 48.8 Å². The van der Waals surface area contributed by atoms with Crippen molar-refractivity contribution in [2.24, 2.45) is 0 Å². The summed E-state index contributed by atoms with van der Waals surface area (Å²) in [5.41, 5.74) is 2.61. The Hall–Kier alpha value is -1.98. The van der Waals surface area contributed by atoms with Crippen LogP contribution in [-0.4, -0.2) is 15.9 Å². The largest absolute Gasteiger partial charge is 0.321 e. The van der Waals surface area contributed by atoms with Crippen LogP contribution in [0.15, 0.2) is 53.3 Å². The van der Waals surface area contributed by atoms with Crippen LogP contribution < -0.4 is 5.32 Å². The maximum absolute atomic E-state index is 12.3. The predicted octanol–water partition coefficient (Wildman–Crippen LogP) is 4.30. The molecule has 0 aliphatic heterocycles. The van der Waals surface area contributed by atoms with Crippen molar-refractivity contribution in [3.8, 4) is 0 Å². The normalized spacial score (nSPS) is 10.6. The maximum Gasteiger partial charge on any atom is 0.255 e. The number of rotatable bonds is 2. The number of carbonyl (C=O) groups excluding carboxylic acids is 1. The number of hydrogen-bond donors (Lipinski definition) is 1. The molecule has 0 bridgehead atoms. The fraction of sp³-hybridized carbons (Fsp3) is 0. The second-order valence-corrected chi connectivity index (χ2v) is 5.63. The van der Waals surface area contributed by atoms with Gasteiger partial charge in [0, 0.05) is 27.5 Å². The summed E-state index contributed by atoms with van der Waals surface area (Å²) in [6.07, 6.45) is 3.21. The van der Waals surface area contributed by atoms with Crippen molar-refractivity contribution in [3.63, 3.8) is 0 Å². The van der Waals surface area contributed by atoms with Crippen molar-refractivity contribution in [1.82, 2.24) is 9.97 Å². The molecule has 3 rings (SSSR count). The first-order valence-electron chi connectivity index (χ1n) is 6.11. The van der Waals surface area contributed by atoms with Crippen molar-refractivity contribution >= 4 is 50.2 Å². The quantitative estimate of drug-likeness (QED) is 0.739. The van der Waals surface area contributed by atoms with Gasteiger partial charge in [0.2, 0.25) is 0 Å². The molecule has 104 valence electrons. The van der Waals surface area contributed by atoms with Crippen LogP contribution in [-0.2, 0) is 0 Å². The lowest BCUT2D eigenvalue weighted by atomic mass is 10.1. The molecule has 1 heterocycles. The minimum absolute atomic E-state index is 0.217. The van der Waals surface area contributed by atoms with Crippen LogP contribution in [0.1, 0.15) is 10.4 Å². The van der Waals surface area contributed by atoms with Gasteiger partial charge in [-0.2, -0.15) is 0 Å². The highest BCUT2D eigenvalue weighted by molar-refractivity contribution is 9.10. The lowest BCUT2D eigenvalue weighted by Gasteiger charge is -2.08. The Balaban J connectivity index is 1.89. The Morgan fingerprint density at radius 1 is 1.05 bits per heavy atom. The summed E-state index contributed by atoms with van der Waals surface area (Å²) in [6, 6.07) is 10.4. The lowest BCUT2D eigenvalue weighted by molar-refractivity contribution is 0.102. The molecule has 0 unspecified atom stereocenters. The summed E-state index contributed by atoms with van der Waals surface area (Å²) in [6.45, 7) is 0. The molecule has 6 heteroatoms. The van der Waals surface area contributed by atoms with Crippen LogP contribution in [0, 0.1) is 0 Å². The summed E-state index contributed by atoms with van der Waals surface area (Å²) < 4.78 is 0.726. The molecule has 4 nitrogen and oxygen atoms in total. The van der Waals surface area contributed by atoms with Gasteiger partial charge in [-0.25, -0.2) is 0 Å². The third-order valence-corrected chi connectivity index (χ3v) is 3.80. The predicted molar refractivity (Wildman–Crippen MR) is 86.6 cm³/mol. The first-order chi connectivity index (χ1) is 10.1. The molecule has 1 aromatic heterocycles. The van der Waals surface area contributed by atoms with E-state index in [1.165, 1.54) is 0 Å². The van der Waals surface area contributed by atoms with Crippen molar-refractivity contribution in [2.75, 3.05) is 5.32 Å². The molecule has 2 aromatic carbocycles. The van der Waals surface area contributed by atoms with Crippen molar-refractivity contribution in [3.05, 3.63) is 63.9 Å². The number of fused-ring (bicyclic) bond motifs is 1. The highest BCUT2D eigenvalue weighted by Gasteiger charge is 2.10. The second-order valence-electron chi connectivity index (χ2n) is 4.34. The molecule has 0 aliphatic rings. The van der Waals surface area contributed by atoms with E-state index in [0.717, 1.165) is 9.99 Å². The van der Waals surface area contributed by atoms with E-state index in [0.29, 0.717) is 21.8 Å². The van der Waals surface area contributed by atoms with Gasteiger partial charge in [0.25, 0.3) is 5.91 Å². The molecule has 0 fully saturated rings. The van der Waals surface area contributed by atoms with Crippen LogP contribution in [0.5, 0.6) is 0 Å². The van der Waals surface area contributed by atoms with Crippen LogP contribution in [0.2, 0.25) is 5.02 Å².